The maximum absolute atomic E-state index is 11.9. The molecule has 3 heteroatoms. The van der Waals surface area contributed by atoms with E-state index in [1.54, 1.807) is 13.8 Å². The summed E-state index contributed by atoms with van der Waals surface area (Å²) in [4.78, 5) is 0. The monoisotopic (exact) mass is 138 g/mol. The fraction of sp³-hybridized carbons (Fsp3) is 1.00. The van der Waals surface area contributed by atoms with Crippen LogP contribution in [-0.2, 0) is 0 Å². The van der Waals surface area contributed by atoms with Crippen LogP contribution in [0.15, 0.2) is 0 Å². The van der Waals surface area contributed by atoms with Gasteiger partial charge in [-0.1, -0.05) is 20.8 Å². The van der Waals surface area contributed by atoms with Crippen LogP contribution in [0, 0.1) is 11.8 Å². The van der Waals surface area contributed by atoms with Crippen LogP contribution in [0.5, 0.6) is 0 Å². The predicted molar refractivity (Wildman–Crippen MR) is 31.2 cm³/mol. The minimum absolute atomic E-state index is 0.190. The summed E-state index contributed by atoms with van der Waals surface area (Å²) in [5.41, 5.74) is 0. The molecule has 1 nitrogen and oxygen atoms in total. The van der Waals surface area contributed by atoms with Gasteiger partial charge in [-0.15, -0.1) is 0 Å². The van der Waals surface area contributed by atoms with Gasteiger partial charge in [-0.05, 0) is 5.92 Å². The molecule has 0 aliphatic carbocycles. The quantitative estimate of drug-likeness (QED) is 0.617. The van der Waals surface area contributed by atoms with E-state index < -0.39 is 12.0 Å². The van der Waals surface area contributed by atoms with Crippen LogP contribution >= 0.6 is 0 Å². The van der Waals surface area contributed by atoms with E-state index in [9.17, 15) is 8.78 Å². The summed E-state index contributed by atoms with van der Waals surface area (Å²) < 4.78 is 23.8. The summed E-state index contributed by atoms with van der Waals surface area (Å²) in [7, 11) is 0. The van der Waals surface area contributed by atoms with Crippen LogP contribution in [0.25, 0.3) is 0 Å². The molecule has 0 aromatic rings. The van der Waals surface area contributed by atoms with Crippen molar-refractivity contribution in [1.82, 2.24) is 0 Å². The Morgan fingerprint density at radius 1 is 1.22 bits per heavy atom. The number of halogens is 2. The second-order valence-electron chi connectivity index (χ2n) is 2.62. The number of alkyl halides is 2. The Kier molecular flexibility index (Phi) is 2.55. The second-order valence-corrected chi connectivity index (χ2v) is 2.62. The first-order chi connectivity index (χ1) is 3.85. The summed E-state index contributed by atoms with van der Waals surface area (Å²) in [6, 6.07) is 0. The van der Waals surface area contributed by atoms with Gasteiger partial charge in [0.15, 0.2) is 0 Å². The van der Waals surface area contributed by atoms with Gasteiger partial charge in [0.25, 0.3) is 0 Å². The van der Waals surface area contributed by atoms with Gasteiger partial charge < -0.3 is 5.11 Å². The number of hydrogen-bond acceptors (Lipinski definition) is 1. The maximum atomic E-state index is 11.9. The normalized spacial score (nSPS) is 16.3. The van der Waals surface area contributed by atoms with Gasteiger partial charge in [0.1, 0.15) is 0 Å². The average molecular weight is 138 g/mol. The molecule has 0 aromatic carbocycles. The van der Waals surface area contributed by atoms with Crippen LogP contribution in [0.3, 0.4) is 0 Å². The highest BCUT2D eigenvalue weighted by Crippen LogP contribution is 2.26. The molecule has 0 aliphatic heterocycles. The van der Waals surface area contributed by atoms with Crippen molar-refractivity contribution in [3.63, 3.8) is 0 Å². The van der Waals surface area contributed by atoms with Crippen LogP contribution in [0.1, 0.15) is 20.8 Å². The van der Waals surface area contributed by atoms with Gasteiger partial charge in [0.2, 0.25) is 0 Å². The molecule has 1 unspecified atom stereocenters. The first-order valence-electron chi connectivity index (χ1n) is 2.96. The summed E-state index contributed by atoms with van der Waals surface area (Å²) in [5, 5.41) is 8.12. The third-order valence-electron chi connectivity index (χ3n) is 1.55. The maximum Gasteiger partial charge on any atom is 0.356 e. The van der Waals surface area contributed by atoms with Crippen molar-refractivity contribution >= 4 is 0 Å². The lowest BCUT2D eigenvalue weighted by Gasteiger charge is -2.20. The highest BCUT2D eigenvalue weighted by molar-refractivity contribution is 4.64. The smallest absolute Gasteiger partial charge is 0.336 e. The van der Waals surface area contributed by atoms with E-state index in [4.69, 9.17) is 5.11 Å². The van der Waals surface area contributed by atoms with Crippen molar-refractivity contribution < 1.29 is 13.9 Å². The van der Waals surface area contributed by atoms with Crippen molar-refractivity contribution in [1.29, 1.82) is 0 Å². The van der Waals surface area contributed by atoms with Crippen molar-refractivity contribution in [3.8, 4) is 0 Å². The Labute approximate surface area is 53.7 Å². The molecule has 0 aliphatic rings. The minimum Gasteiger partial charge on any atom is -0.336 e. The number of aliphatic hydroxyl groups is 1. The topological polar surface area (TPSA) is 20.2 Å². The number of hydrogen-bond donors (Lipinski definition) is 1. The first-order valence-corrected chi connectivity index (χ1v) is 2.96. The predicted octanol–water partition coefficient (Wildman–Crippen LogP) is 1.86. The molecule has 0 heterocycles. The Bertz CT molecular complexity index is 85.5. The van der Waals surface area contributed by atoms with Crippen molar-refractivity contribution in [3.05, 3.63) is 0 Å². The first kappa shape index (κ1) is 8.82. The van der Waals surface area contributed by atoms with Crippen molar-refractivity contribution in [2.75, 3.05) is 0 Å². The second kappa shape index (κ2) is 2.60. The Morgan fingerprint density at radius 2 is 1.56 bits per heavy atom. The van der Waals surface area contributed by atoms with Crippen LogP contribution in [-0.4, -0.2) is 11.2 Å². The lowest BCUT2D eigenvalue weighted by Crippen LogP contribution is -2.28. The summed E-state index contributed by atoms with van der Waals surface area (Å²) in [6.07, 6.45) is -3.52. The highest BCUT2D eigenvalue weighted by Gasteiger charge is 2.34. The zero-order valence-electron chi connectivity index (χ0n) is 5.86. The zero-order chi connectivity index (χ0) is 7.65. The lowest BCUT2D eigenvalue weighted by atomic mass is 9.97. The van der Waals surface area contributed by atoms with Gasteiger partial charge >= 0.3 is 6.11 Å². The summed E-state index contributed by atoms with van der Waals surface area (Å²) in [5.74, 6) is -1.15. The van der Waals surface area contributed by atoms with E-state index in [-0.39, 0.29) is 5.92 Å². The highest BCUT2D eigenvalue weighted by atomic mass is 19.3. The number of rotatable bonds is 2. The van der Waals surface area contributed by atoms with Crippen LogP contribution < -0.4 is 0 Å². The fourth-order valence-corrected chi connectivity index (χ4v) is 0.401. The van der Waals surface area contributed by atoms with Gasteiger partial charge in [-0.2, -0.15) is 8.78 Å². The molecular formula is C6H12F2O. The molecule has 1 atom stereocenters. The zero-order valence-corrected chi connectivity index (χ0v) is 5.86. The van der Waals surface area contributed by atoms with Crippen LogP contribution in [0.4, 0.5) is 8.78 Å². The SMILES string of the molecule is CC(C)C(C)C(O)(F)F. The van der Waals surface area contributed by atoms with Gasteiger partial charge in [0.05, 0.1) is 0 Å². The van der Waals surface area contributed by atoms with Gasteiger partial charge in [0, 0.05) is 5.92 Å². The van der Waals surface area contributed by atoms with Crippen molar-refractivity contribution in [2.45, 2.75) is 26.9 Å². The molecule has 56 valence electrons. The van der Waals surface area contributed by atoms with E-state index in [1.165, 1.54) is 6.92 Å². The van der Waals surface area contributed by atoms with E-state index in [2.05, 4.69) is 0 Å². The molecule has 0 saturated heterocycles. The third-order valence-corrected chi connectivity index (χ3v) is 1.55. The molecule has 0 radical (unpaired) electrons. The lowest BCUT2D eigenvalue weighted by molar-refractivity contribution is -0.241. The standard InChI is InChI=1S/C6H12F2O/c1-4(2)5(3)6(7,8)9/h4-5,9H,1-3H3. The minimum atomic E-state index is -3.52. The molecule has 0 rings (SSSR count). The molecule has 9 heavy (non-hydrogen) atoms. The molecule has 0 amide bonds. The third kappa shape index (κ3) is 2.75. The van der Waals surface area contributed by atoms with Crippen molar-refractivity contribution in [2.24, 2.45) is 11.8 Å². The Morgan fingerprint density at radius 3 is 1.56 bits per heavy atom. The molecule has 0 aromatic heterocycles. The van der Waals surface area contributed by atoms with E-state index >= 15 is 0 Å². The summed E-state index contributed by atoms with van der Waals surface area (Å²) in [6.45, 7) is 4.62. The molecule has 0 fully saturated rings. The van der Waals surface area contributed by atoms with E-state index in [1.807, 2.05) is 0 Å². The molecule has 0 spiro atoms. The fourth-order valence-electron chi connectivity index (χ4n) is 0.401. The van der Waals surface area contributed by atoms with Gasteiger partial charge in [-0.3, -0.25) is 0 Å². The van der Waals surface area contributed by atoms with Crippen LogP contribution in [0.2, 0.25) is 0 Å². The molecular weight excluding hydrogens is 126 g/mol. The largest absolute Gasteiger partial charge is 0.356 e. The molecule has 0 bridgehead atoms. The summed E-state index contributed by atoms with van der Waals surface area (Å²) >= 11 is 0. The Balaban J connectivity index is 3.88. The molecule has 0 saturated carbocycles. The van der Waals surface area contributed by atoms with E-state index in [0.717, 1.165) is 0 Å². The Hall–Kier alpha value is -0.180. The molecule has 1 N–H and O–H groups in total. The average Bonchev–Trinajstić information content (AvgIpc) is 1.62. The van der Waals surface area contributed by atoms with E-state index in [0.29, 0.717) is 0 Å². The van der Waals surface area contributed by atoms with Gasteiger partial charge in [-0.25, -0.2) is 0 Å².